The molecule has 11 heteroatoms. The van der Waals surface area contributed by atoms with Crippen molar-refractivity contribution in [2.45, 2.75) is 19.4 Å². The fraction of sp³-hybridized carbons (Fsp3) is 0.400. The third-order valence-corrected chi connectivity index (χ3v) is 6.18. The van der Waals surface area contributed by atoms with Gasteiger partial charge in [-0.2, -0.15) is 8.78 Å². The maximum absolute atomic E-state index is 15.1. The van der Waals surface area contributed by atoms with Gasteiger partial charge in [-0.3, -0.25) is 0 Å². The normalized spacial score (nSPS) is 14.3. The fourth-order valence-electron chi connectivity index (χ4n) is 4.06. The summed E-state index contributed by atoms with van der Waals surface area (Å²) in [7, 11) is 3.60. The van der Waals surface area contributed by atoms with Crippen molar-refractivity contribution in [3.8, 4) is 17.2 Å². The molecule has 0 saturated carbocycles. The van der Waals surface area contributed by atoms with Crippen molar-refractivity contribution in [3.63, 3.8) is 0 Å². The molecule has 0 bridgehead atoms. The van der Waals surface area contributed by atoms with E-state index in [0.29, 0.717) is 26.1 Å². The van der Waals surface area contributed by atoms with Gasteiger partial charge in [0.15, 0.2) is 0 Å². The molecule has 2 heterocycles. The molecule has 0 unspecified atom stereocenters. The van der Waals surface area contributed by atoms with Crippen LogP contribution in [0.2, 0.25) is 0 Å². The van der Waals surface area contributed by atoms with Gasteiger partial charge in [0, 0.05) is 43.9 Å². The Kier molecular flexibility index (Phi) is 8.09. The van der Waals surface area contributed by atoms with Gasteiger partial charge >= 0.3 is 12.5 Å². The number of likely N-dealkylation sites (N-methyl/N-ethyl adjacent to an activating group) is 1. The average molecular weight is 504 g/mol. The zero-order chi connectivity index (χ0) is 25.7. The zero-order valence-electron chi connectivity index (χ0n) is 20.2. The van der Waals surface area contributed by atoms with E-state index in [9.17, 15) is 13.6 Å². The lowest BCUT2D eigenvalue weighted by atomic mass is 10.1. The minimum atomic E-state index is -2.91. The number of aromatic nitrogens is 2. The van der Waals surface area contributed by atoms with Crippen LogP contribution in [0, 0.1) is 5.82 Å². The van der Waals surface area contributed by atoms with E-state index in [1.54, 1.807) is 16.9 Å². The highest BCUT2D eigenvalue weighted by atomic mass is 19.3. The van der Waals surface area contributed by atoms with Crippen LogP contribution in [0.1, 0.15) is 23.4 Å². The predicted molar refractivity (Wildman–Crippen MR) is 126 cm³/mol. The molecule has 1 aliphatic heterocycles. The SMILES string of the molecule is COc1ccccc1CCN(Cc1ccc(-c2nnc(C(F)F)o2)cc1F)C(=O)N1CCN(C)CC1. The molecule has 2 aromatic carbocycles. The first-order valence-electron chi connectivity index (χ1n) is 11.6. The molecule has 1 aliphatic rings. The Morgan fingerprint density at radius 1 is 1.11 bits per heavy atom. The van der Waals surface area contributed by atoms with Crippen LogP contribution >= 0.6 is 0 Å². The first-order valence-corrected chi connectivity index (χ1v) is 11.6. The molecule has 0 atom stereocenters. The van der Waals surface area contributed by atoms with Crippen molar-refractivity contribution >= 4 is 6.03 Å². The van der Waals surface area contributed by atoms with E-state index in [0.717, 1.165) is 30.5 Å². The molecule has 8 nitrogen and oxygen atoms in total. The first kappa shape index (κ1) is 25.5. The first-order chi connectivity index (χ1) is 17.4. The Labute approximate surface area is 207 Å². The van der Waals surface area contributed by atoms with Crippen LogP contribution in [0.4, 0.5) is 18.0 Å². The number of carbonyl (C=O) groups excluding carboxylic acids is 1. The number of halogens is 3. The molecule has 36 heavy (non-hydrogen) atoms. The highest BCUT2D eigenvalue weighted by Gasteiger charge is 2.25. The summed E-state index contributed by atoms with van der Waals surface area (Å²) in [6.45, 7) is 3.10. The molecule has 0 spiro atoms. The molecule has 4 rings (SSSR count). The predicted octanol–water partition coefficient (Wildman–Crippen LogP) is 4.23. The number of hydrogen-bond acceptors (Lipinski definition) is 6. The molecule has 1 saturated heterocycles. The topological polar surface area (TPSA) is 74.9 Å². The smallest absolute Gasteiger partial charge is 0.320 e. The monoisotopic (exact) mass is 503 g/mol. The lowest BCUT2D eigenvalue weighted by molar-refractivity contribution is 0.116. The summed E-state index contributed by atoms with van der Waals surface area (Å²) in [5, 5.41) is 6.84. The molecule has 192 valence electrons. The van der Waals surface area contributed by atoms with Crippen LogP contribution in [0.3, 0.4) is 0 Å². The maximum Gasteiger partial charge on any atom is 0.320 e. The van der Waals surface area contributed by atoms with Crippen LogP contribution < -0.4 is 4.74 Å². The highest BCUT2D eigenvalue weighted by Crippen LogP contribution is 2.26. The quantitative estimate of drug-likeness (QED) is 0.458. The van der Waals surface area contributed by atoms with Gasteiger partial charge in [0.05, 0.1) is 13.7 Å². The highest BCUT2D eigenvalue weighted by molar-refractivity contribution is 5.74. The summed E-state index contributed by atoms with van der Waals surface area (Å²) in [6.07, 6.45) is -2.38. The van der Waals surface area contributed by atoms with E-state index >= 15 is 4.39 Å². The van der Waals surface area contributed by atoms with Crippen molar-refractivity contribution in [3.05, 3.63) is 65.3 Å². The summed E-state index contributed by atoms with van der Waals surface area (Å²) in [5.41, 5.74) is 1.41. The molecule has 1 fully saturated rings. The van der Waals surface area contributed by atoms with Crippen LogP contribution in [-0.2, 0) is 13.0 Å². The van der Waals surface area contributed by atoms with Crippen LogP contribution in [0.15, 0.2) is 46.9 Å². The van der Waals surface area contributed by atoms with Crippen molar-refractivity contribution in [2.75, 3.05) is 46.9 Å². The Morgan fingerprint density at radius 2 is 1.86 bits per heavy atom. The van der Waals surface area contributed by atoms with Gasteiger partial charge in [-0.25, -0.2) is 9.18 Å². The second kappa shape index (κ2) is 11.4. The van der Waals surface area contributed by atoms with E-state index in [4.69, 9.17) is 9.15 Å². The molecular weight excluding hydrogens is 475 g/mol. The van der Waals surface area contributed by atoms with Crippen molar-refractivity contribution in [1.82, 2.24) is 24.9 Å². The molecule has 0 N–H and O–H groups in total. The summed E-state index contributed by atoms with van der Waals surface area (Å²) in [4.78, 5) is 19.0. The van der Waals surface area contributed by atoms with Crippen LogP contribution in [0.5, 0.6) is 5.75 Å². The lowest BCUT2D eigenvalue weighted by Gasteiger charge is -2.36. The number of hydrogen-bond donors (Lipinski definition) is 0. The number of para-hydroxylation sites is 1. The van der Waals surface area contributed by atoms with Crippen LogP contribution in [-0.4, -0.2) is 77.8 Å². The maximum atomic E-state index is 15.1. The Morgan fingerprint density at radius 3 is 2.53 bits per heavy atom. The summed E-state index contributed by atoms with van der Waals surface area (Å²) >= 11 is 0. The number of rotatable bonds is 8. The third kappa shape index (κ3) is 5.96. The lowest BCUT2D eigenvalue weighted by Crippen LogP contribution is -2.52. The second-order valence-corrected chi connectivity index (χ2v) is 8.61. The van der Waals surface area contributed by atoms with Crippen molar-refractivity contribution < 1.29 is 27.1 Å². The van der Waals surface area contributed by atoms with Gasteiger partial charge in [-0.1, -0.05) is 24.3 Å². The van der Waals surface area contributed by atoms with E-state index in [2.05, 4.69) is 15.1 Å². The molecular formula is C25H28F3N5O3. The largest absolute Gasteiger partial charge is 0.496 e. The van der Waals surface area contributed by atoms with Crippen molar-refractivity contribution in [1.29, 1.82) is 0 Å². The number of alkyl halides is 2. The van der Waals surface area contributed by atoms with E-state index in [-0.39, 0.29) is 29.6 Å². The van der Waals surface area contributed by atoms with Crippen molar-refractivity contribution in [2.24, 2.45) is 0 Å². The Balaban J connectivity index is 1.54. The number of methoxy groups -OCH3 is 1. The van der Waals surface area contributed by atoms with Gasteiger partial charge in [0.1, 0.15) is 11.6 Å². The number of nitrogens with zero attached hydrogens (tertiary/aromatic N) is 5. The minimum absolute atomic E-state index is 0.0402. The third-order valence-electron chi connectivity index (χ3n) is 6.18. The van der Waals surface area contributed by atoms with E-state index < -0.39 is 18.1 Å². The number of ether oxygens (including phenoxy) is 1. The molecule has 0 aliphatic carbocycles. The van der Waals surface area contributed by atoms with Gasteiger partial charge < -0.3 is 23.9 Å². The summed E-state index contributed by atoms with van der Waals surface area (Å²) in [6, 6.07) is 11.6. The second-order valence-electron chi connectivity index (χ2n) is 8.61. The van der Waals surface area contributed by atoms with Gasteiger partial charge in [0.25, 0.3) is 5.89 Å². The van der Waals surface area contributed by atoms with Gasteiger partial charge in [-0.15, -0.1) is 10.2 Å². The fourth-order valence-corrected chi connectivity index (χ4v) is 4.06. The summed E-state index contributed by atoms with van der Waals surface area (Å²) < 4.78 is 50.9. The number of urea groups is 1. The summed E-state index contributed by atoms with van der Waals surface area (Å²) in [5.74, 6) is -0.896. The average Bonchev–Trinajstić information content (AvgIpc) is 3.38. The molecule has 0 radical (unpaired) electrons. The molecule has 2 amide bonds. The number of benzene rings is 2. The van der Waals surface area contributed by atoms with E-state index in [1.807, 2.05) is 31.3 Å². The van der Waals surface area contributed by atoms with Gasteiger partial charge in [0.2, 0.25) is 5.89 Å². The number of piperazine rings is 1. The number of carbonyl (C=O) groups is 1. The Bertz CT molecular complexity index is 1180. The minimum Gasteiger partial charge on any atom is -0.496 e. The zero-order valence-corrected chi connectivity index (χ0v) is 20.2. The van der Waals surface area contributed by atoms with Crippen LogP contribution in [0.25, 0.3) is 11.5 Å². The van der Waals surface area contributed by atoms with E-state index in [1.165, 1.54) is 12.1 Å². The van der Waals surface area contributed by atoms with Gasteiger partial charge in [-0.05, 0) is 37.2 Å². The molecule has 3 aromatic rings. The standard InChI is InChI=1S/C25H28F3N5O3/c1-31-11-13-32(14-12-31)25(34)33(10-9-17-5-3-4-6-21(17)35-2)16-19-8-7-18(15-20(19)26)23-29-30-24(36-23)22(27)28/h3-8,15,22H,9-14,16H2,1-2H3. The number of amides is 2. The Hall–Kier alpha value is -3.60. The molecule has 1 aromatic heterocycles.